The number of alkyl halides is 1. The molecule has 0 aliphatic carbocycles. The summed E-state index contributed by atoms with van der Waals surface area (Å²) in [7, 11) is -4.00. The number of nitrogens with one attached hydrogen (secondary N) is 1. The van der Waals surface area contributed by atoms with Gasteiger partial charge in [0.25, 0.3) is 10.1 Å². The van der Waals surface area contributed by atoms with Crippen LogP contribution in [0.25, 0.3) is 0 Å². The molecule has 1 aliphatic heterocycles. The molecule has 2 atom stereocenters. The maximum atomic E-state index is 13.1. The Kier molecular flexibility index (Phi) is 8.30. The van der Waals surface area contributed by atoms with Gasteiger partial charge in [0.1, 0.15) is 12.2 Å². The molecule has 1 aromatic rings. The van der Waals surface area contributed by atoms with Crippen molar-refractivity contribution >= 4 is 16.0 Å². The summed E-state index contributed by atoms with van der Waals surface area (Å²) in [5.41, 5.74) is -0.563. The van der Waals surface area contributed by atoms with Crippen molar-refractivity contribution in [2.75, 3.05) is 19.7 Å². The largest absolute Gasteiger partial charge is 0.394 e. The second-order valence-electron chi connectivity index (χ2n) is 6.71. The number of halogens is 1. The Morgan fingerprint density at radius 2 is 2.00 bits per heavy atom. The van der Waals surface area contributed by atoms with Crippen LogP contribution in [0.3, 0.4) is 0 Å². The second kappa shape index (κ2) is 9.75. The van der Waals surface area contributed by atoms with E-state index in [9.17, 15) is 17.6 Å². The normalized spacial score (nSPS) is 19.8. The molecule has 0 radical (unpaired) electrons. The van der Waals surface area contributed by atoms with E-state index in [1.54, 1.807) is 32.0 Å². The lowest BCUT2D eigenvalue weighted by Crippen LogP contribution is -2.49. The summed E-state index contributed by atoms with van der Waals surface area (Å²) in [5, 5.41) is 20.7. The van der Waals surface area contributed by atoms with Gasteiger partial charge in [-0.3, -0.25) is 9.35 Å². The number of rotatable bonds is 5. The fraction of sp³-hybridized carbons (Fsp3) is 0.529. The fourth-order valence-electron chi connectivity index (χ4n) is 2.25. The van der Waals surface area contributed by atoms with E-state index in [2.05, 4.69) is 5.32 Å². The molecule has 150 valence electrons. The van der Waals surface area contributed by atoms with Crippen molar-refractivity contribution in [3.05, 3.63) is 30.3 Å². The van der Waals surface area contributed by atoms with Crippen LogP contribution in [0.5, 0.6) is 0 Å². The van der Waals surface area contributed by atoms with Gasteiger partial charge in [0.05, 0.1) is 30.7 Å². The fourth-order valence-corrected chi connectivity index (χ4v) is 2.75. The van der Waals surface area contributed by atoms with Crippen LogP contribution in [0.15, 0.2) is 35.2 Å². The van der Waals surface area contributed by atoms with Crippen molar-refractivity contribution in [2.45, 2.75) is 42.9 Å². The summed E-state index contributed by atoms with van der Waals surface area (Å²) in [5.74, 6) is -0.307. The lowest BCUT2D eigenvalue weighted by molar-refractivity contribution is -0.130. The summed E-state index contributed by atoms with van der Waals surface area (Å²) in [6.45, 7) is 3.39. The van der Waals surface area contributed by atoms with Crippen LogP contribution in [-0.2, 0) is 14.9 Å². The predicted octanol–water partition coefficient (Wildman–Crippen LogP) is 0.743. The van der Waals surface area contributed by atoms with Crippen LogP contribution in [0.2, 0.25) is 0 Å². The minimum Gasteiger partial charge on any atom is -0.394 e. The quantitative estimate of drug-likeness (QED) is 0.620. The lowest BCUT2D eigenvalue weighted by Gasteiger charge is -2.26. The second-order valence-corrected chi connectivity index (χ2v) is 8.13. The van der Waals surface area contributed by atoms with Gasteiger partial charge in [-0.05, 0) is 26.0 Å². The van der Waals surface area contributed by atoms with E-state index in [0.717, 1.165) is 0 Å². The molecular weight excluding hydrogens is 377 g/mol. The summed E-state index contributed by atoms with van der Waals surface area (Å²) >= 11 is 0. The molecule has 3 N–H and O–H groups in total. The van der Waals surface area contributed by atoms with Gasteiger partial charge in [-0.1, -0.05) is 18.2 Å². The van der Waals surface area contributed by atoms with Gasteiger partial charge in [0, 0.05) is 12.0 Å². The highest BCUT2D eigenvalue weighted by molar-refractivity contribution is 7.85. The molecular formula is C17H24FN3O5S. The highest BCUT2D eigenvalue weighted by atomic mass is 32.2. The summed E-state index contributed by atoms with van der Waals surface area (Å²) in [4.78, 5) is 13.0. The number of likely N-dealkylation sites (tertiary alicyclic amines) is 1. The maximum Gasteiger partial charge on any atom is 0.294 e. The molecule has 1 fully saturated rings. The lowest BCUT2D eigenvalue weighted by atomic mass is 10.1. The first kappa shape index (κ1) is 23.0. The highest BCUT2D eigenvalue weighted by Gasteiger charge is 2.35. The minimum absolute atomic E-state index is 0.00153. The smallest absolute Gasteiger partial charge is 0.294 e. The van der Waals surface area contributed by atoms with E-state index < -0.39 is 27.9 Å². The molecule has 0 saturated carbocycles. The predicted molar refractivity (Wildman–Crippen MR) is 96.1 cm³/mol. The van der Waals surface area contributed by atoms with E-state index in [4.69, 9.17) is 14.9 Å². The Morgan fingerprint density at radius 3 is 2.44 bits per heavy atom. The monoisotopic (exact) mass is 401 g/mol. The van der Waals surface area contributed by atoms with E-state index in [1.807, 2.05) is 6.07 Å². The van der Waals surface area contributed by atoms with E-state index in [-0.39, 0.29) is 36.9 Å². The number of carbonyl (C=O) groups excluding carboxylic acids is 1. The van der Waals surface area contributed by atoms with Crippen molar-refractivity contribution in [1.29, 1.82) is 5.26 Å². The minimum atomic E-state index is -4.00. The molecule has 10 heteroatoms. The zero-order valence-corrected chi connectivity index (χ0v) is 16.0. The molecule has 8 nitrogen and oxygen atoms in total. The Hall–Kier alpha value is -2.06. The van der Waals surface area contributed by atoms with Gasteiger partial charge >= 0.3 is 0 Å². The number of aliphatic hydroxyl groups is 1. The van der Waals surface area contributed by atoms with Gasteiger partial charge in [0.2, 0.25) is 5.91 Å². The molecule has 27 heavy (non-hydrogen) atoms. The topological polar surface area (TPSA) is 131 Å². The first-order chi connectivity index (χ1) is 12.5. The van der Waals surface area contributed by atoms with Crippen LogP contribution in [0.4, 0.5) is 4.39 Å². The Bertz CT molecular complexity index is 765. The number of aliphatic hydroxyl groups excluding tert-OH is 1. The molecule has 0 bridgehead atoms. The maximum absolute atomic E-state index is 13.1. The number of carbonyl (C=O) groups is 1. The number of hydrogen-bond acceptors (Lipinski definition) is 6. The van der Waals surface area contributed by atoms with Crippen molar-refractivity contribution in [3.63, 3.8) is 0 Å². The number of hydrogen-bond donors (Lipinski definition) is 3. The third-order valence-electron chi connectivity index (χ3n) is 3.87. The molecule has 1 amide bonds. The zero-order chi connectivity index (χ0) is 20.7. The summed E-state index contributed by atoms with van der Waals surface area (Å²) in [6, 6.07) is 8.68. The van der Waals surface area contributed by atoms with Crippen LogP contribution in [-0.4, -0.2) is 66.3 Å². The summed E-state index contributed by atoms with van der Waals surface area (Å²) in [6.07, 6.45) is -1.03. The first-order valence-electron chi connectivity index (χ1n) is 8.22. The molecule has 0 aromatic heterocycles. The molecule has 1 saturated heterocycles. The van der Waals surface area contributed by atoms with Gasteiger partial charge in [0.15, 0.2) is 0 Å². The van der Waals surface area contributed by atoms with E-state index >= 15 is 0 Å². The van der Waals surface area contributed by atoms with Crippen molar-refractivity contribution in [2.24, 2.45) is 0 Å². The van der Waals surface area contributed by atoms with Crippen molar-refractivity contribution < 1.29 is 27.3 Å². The van der Waals surface area contributed by atoms with Crippen molar-refractivity contribution in [1.82, 2.24) is 10.2 Å². The van der Waals surface area contributed by atoms with Gasteiger partial charge in [-0.25, -0.2) is 4.39 Å². The Balaban J connectivity index is 0.000000309. The standard InChI is InChI=1S/C11H18FN3O2.C6H6O3S/c1-11(2,7-16)14-5-10(17)15-6-8(12)3-9(15)4-13;7-10(8,9)6-4-2-1-3-5-6/h8-9,14,16H,3,5-7H2,1-2H3;1-5H,(H,7,8,9)/t8-,9-;/m0./s1. The highest BCUT2D eigenvalue weighted by Crippen LogP contribution is 2.19. The van der Waals surface area contributed by atoms with Gasteiger partial charge in [-0.2, -0.15) is 13.7 Å². The average molecular weight is 401 g/mol. The number of nitriles is 1. The van der Waals surface area contributed by atoms with Crippen LogP contribution >= 0.6 is 0 Å². The SMILES string of the molecule is CC(C)(CO)NCC(=O)N1C[C@@H](F)C[C@H]1C#N.O=S(=O)(O)c1ccccc1. The molecule has 2 rings (SSSR count). The van der Waals surface area contributed by atoms with Gasteiger partial charge in [-0.15, -0.1) is 0 Å². The van der Waals surface area contributed by atoms with Gasteiger partial charge < -0.3 is 15.3 Å². The van der Waals surface area contributed by atoms with Crippen molar-refractivity contribution in [3.8, 4) is 6.07 Å². The number of nitrogens with zero attached hydrogens (tertiary/aromatic N) is 2. The average Bonchev–Trinajstić information content (AvgIpc) is 3.01. The van der Waals surface area contributed by atoms with E-state index in [0.29, 0.717) is 0 Å². The molecule has 1 aromatic carbocycles. The van der Waals surface area contributed by atoms with Crippen LogP contribution < -0.4 is 5.32 Å². The number of benzene rings is 1. The van der Waals surface area contributed by atoms with E-state index in [1.165, 1.54) is 17.0 Å². The third-order valence-corrected chi connectivity index (χ3v) is 4.74. The third kappa shape index (κ3) is 7.60. The zero-order valence-electron chi connectivity index (χ0n) is 15.2. The molecule has 0 spiro atoms. The first-order valence-corrected chi connectivity index (χ1v) is 9.66. The van der Waals surface area contributed by atoms with Crippen LogP contribution in [0.1, 0.15) is 20.3 Å². The Labute approximate surface area is 158 Å². The number of amides is 1. The van der Waals surface area contributed by atoms with Crippen LogP contribution in [0, 0.1) is 11.3 Å². The molecule has 1 aliphatic rings. The Morgan fingerprint density at radius 1 is 1.41 bits per heavy atom. The molecule has 0 unspecified atom stereocenters. The molecule has 1 heterocycles. The summed E-state index contributed by atoms with van der Waals surface area (Å²) < 4.78 is 42.3.